The fourth-order valence-corrected chi connectivity index (χ4v) is 2.80. The van der Waals surface area contributed by atoms with Crippen molar-refractivity contribution in [1.29, 1.82) is 4.78 Å². The predicted octanol–water partition coefficient (Wildman–Crippen LogP) is 4.26. The number of hydrogen-bond acceptors (Lipinski definition) is 6. The van der Waals surface area contributed by atoms with E-state index in [4.69, 9.17) is 14.3 Å². The van der Waals surface area contributed by atoms with E-state index in [1.165, 1.54) is 0 Å². The minimum Gasteiger partial charge on any atom is -0.494 e. The van der Waals surface area contributed by atoms with Crippen LogP contribution in [-0.2, 0) is 20.6 Å². The third-order valence-corrected chi connectivity index (χ3v) is 3.96. The van der Waals surface area contributed by atoms with Crippen molar-refractivity contribution >= 4 is 21.5 Å². The van der Waals surface area contributed by atoms with Crippen LogP contribution in [-0.4, -0.2) is 12.1 Å². The van der Waals surface area contributed by atoms with Gasteiger partial charge < -0.3 is 18.5 Å². The van der Waals surface area contributed by atoms with Crippen LogP contribution < -0.4 is 9.47 Å². The van der Waals surface area contributed by atoms with Crippen molar-refractivity contribution in [2.75, 3.05) is 7.11 Å². The van der Waals surface area contributed by atoms with E-state index in [2.05, 4.69) is 4.98 Å². The number of rotatable bonds is 5. The minimum absolute atomic E-state index is 0.218. The fourth-order valence-electron chi connectivity index (χ4n) is 2.31. The van der Waals surface area contributed by atoms with Gasteiger partial charge in [-0.25, -0.2) is 0 Å². The standard InChI is InChI=1S/C17H15N2O3S/c1-21-16-4-2-3-14-15(9-10-19-17(14)16)22-13-7-5-12(6-8-13)11-23(18)20/h2-10,18H,11H2,1H3/q-1. The normalized spacial score (nSPS) is 10.9. The van der Waals surface area contributed by atoms with Gasteiger partial charge in [-0.3, -0.25) is 4.98 Å². The Morgan fingerprint density at radius 3 is 2.57 bits per heavy atom. The van der Waals surface area contributed by atoms with Crippen LogP contribution in [0, 0.1) is 4.78 Å². The largest absolute Gasteiger partial charge is 0.494 e. The van der Waals surface area contributed by atoms with Crippen LogP contribution in [0.5, 0.6) is 17.2 Å². The molecule has 2 aromatic carbocycles. The van der Waals surface area contributed by atoms with Crippen molar-refractivity contribution < 1.29 is 13.7 Å². The van der Waals surface area contributed by atoms with Gasteiger partial charge in [-0.15, -0.1) is 0 Å². The molecule has 0 amide bonds. The van der Waals surface area contributed by atoms with Gasteiger partial charge in [-0.1, -0.05) is 29.5 Å². The van der Waals surface area contributed by atoms with E-state index in [-0.39, 0.29) is 5.75 Å². The molecule has 0 fully saturated rings. The Balaban J connectivity index is 1.92. The zero-order valence-electron chi connectivity index (χ0n) is 12.5. The maximum atomic E-state index is 10.9. The van der Waals surface area contributed by atoms with Crippen molar-refractivity contribution in [2.45, 2.75) is 5.75 Å². The molecule has 1 aromatic heterocycles. The van der Waals surface area contributed by atoms with Crippen LogP contribution in [0.1, 0.15) is 5.56 Å². The van der Waals surface area contributed by atoms with Gasteiger partial charge in [-0.05, 0) is 30.3 Å². The van der Waals surface area contributed by atoms with Gasteiger partial charge >= 0.3 is 0 Å². The maximum absolute atomic E-state index is 10.9. The number of hydrogen-bond donors (Lipinski definition) is 1. The summed E-state index contributed by atoms with van der Waals surface area (Å²) in [6.45, 7) is 0. The molecule has 0 atom stereocenters. The van der Waals surface area contributed by atoms with Crippen molar-refractivity contribution in [2.24, 2.45) is 0 Å². The fraction of sp³-hybridized carbons (Fsp3) is 0.118. The summed E-state index contributed by atoms with van der Waals surface area (Å²) in [6.07, 6.45) is 1.68. The Bertz CT molecular complexity index is 897. The highest BCUT2D eigenvalue weighted by atomic mass is 32.2. The first kappa shape index (κ1) is 15.3. The molecular weight excluding hydrogens is 312 g/mol. The number of benzene rings is 2. The number of methoxy groups -OCH3 is 1. The van der Waals surface area contributed by atoms with Gasteiger partial charge in [0, 0.05) is 11.6 Å². The zero-order chi connectivity index (χ0) is 16.2. The molecule has 5 nitrogen and oxygen atoms in total. The second-order valence-corrected chi connectivity index (χ2v) is 5.88. The van der Waals surface area contributed by atoms with Crippen LogP contribution in [0.15, 0.2) is 54.7 Å². The second kappa shape index (κ2) is 6.66. The number of ether oxygens (including phenoxy) is 2. The highest BCUT2D eigenvalue weighted by Crippen LogP contribution is 2.32. The average Bonchev–Trinajstić information content (AvgIpc) is 2.56. The first-order chi connectivity index (χ1) is 11.2. The van der Waals surface area contributed by atoms with E-state index in [1.807, 2.05) is 30.3 Å². The number of nitrogens with zero attached hydrogens (tertiary/aromatic N) is 1. The van der Waals surface area contributed by atoms with Crippen LogP contribution >= 0.6 is 0 Å². The number of fused-ring (bicyclic) bond motifs is 1. The molecule has 0 aliphatic heterocycles. The predicted molar refractivity (Wildman–Crippen MR) is 89.3 cm³/mol. The Kier molecular flexibility index (Phi) is 4.43. The van der Waals surface area contributed by atoms with Crippen LogP contribution in [0.3, 0.4) is 0 Å². The summed E-state index contributed by atoms with van der Waals surface area (Å²) < 4.78 is 29.3. The minimum atomic E-state index is -1.60. The van der Waals surface area contributed by atoms with Crippen LogP contribution in [0.2, 0.25) is 0 Å². The van der Waals surface area contributed by atoms with Gasteiger partial charge in [0.25, 0.3) is 0 Å². The van der Waals surface area contributed by atoms with Gasteiger partial charge in [0.1, 0.15) is 22.8 Å². The molecule has 1 N–H and O–H groups in total. The summed E-state index contributed by atoms with van der Waals surface area (Å²) in [5.41, 5.74) is 1.58. The van der Waals surface area contributed by atoms with Crippen molar-refractivity contribution in [3.05, 3.63) is 60.3 Å². The highest BCUT2D eigenvalue weighted by Gasteiger charge is 2.08. The molecule has 3 rings (SSSR count). The summed E-state index contributed by atoms with van der Waals surface area (Å²) in [4.78, 5) is 4.34. The molecule has 0 radical (unpaired) electrons. The Morgan fingerprint density at radius 2 is 1.87 bits per heavy atom. The molecule has 0 unspecified atom stereocenters. The average molecular weight is 327 g/mol. The Labute approximate surface area is 135 Å². The van der Waals surface area contributed by atoms with Crippen LogP contribution in [0.4, 0.5) is 0 Å². The van der Waals surface area contributed by atoms with E-state index < -0.39 is 10.6 Å². The summed E-state index contributed by atoms with van der Waals surface area (Å²) in [5, 5.41) is 0.864. The lowest BCUT2D eigenvalue weighted by molar-refractivity contribution is 0.418. The summed E-state index contributed by atoms with van der Waals surface area (Å²) in [7, 11) is 0.0137. The monoisotopic (exact) mass is 327 g/mol. The molecule has 0 spiro atoms. The lowest BCUT2D eigenvalue weighted by Gasteiger charge is -2.11. The number of aromatic nitrogens is 1. The van der Waals surface area contributed by atoms with E-state index in [0.29, 0.717) is 17.2 Å². The molecule has 3 aromatic rings. The SMILES string of the molecule is COc1cccc2c(Oc3ccc(C[S-](=N)=O)cc3)ccnc12. The maximum Gasteiger partial charge on any atom is 0.145 e. The molecule has 118 valence electrons. The van der Waals surface area contributed by atoms with Crippen molar-refractivity contribution in [1.82, 2.24) is 4.98 Å². The van der Waals surface area contributed by atoms with Gasteiger partial charge in [0.2, 0.25) is 0 Å². The quantitative estimate of drug-likeness (QED) is 0.711. The lowest BCUT2D eigenvalue weighted by atomic mass is 10.2. The first-order valence-corrected chi connectivity index (χ1v) is 8.27. The molecule has 0 bridgehead atoms. The molecule has 0 aliphatic rings. The lowest BCUT2D eigenvalue weighted by Crippen LogP contribution is -1.91. The number of para-hydroxylation sites is 1. The van der Waals surface area contributed by atoms with E-state index in [1.54, 1.807) is 31.5 Å². The Morgan fingerprint density at radius 1 is 1.09 bits per heavy atom. The van der Waals surface area contributed by atoms with Gasteiger partial charge in [-0.2, -0.15) is 10.6 Å². The third kappa shape index (κ3) is 3.43. The Hall–Kier alpha value is -2.60. The van der Waals surface area contributed by atoms with E-state index >= 15 is 0 Å². The molecule has 23 heavy (non-hydrogen) atoms. The van der Waals surface area contributed by atoms with Crippen molar-refractivity contribution in [3.8, 4) is 17.2 Å². The number of pyridine rings is 1. The molecule has 0 saturated carbocycles. The van der Waals surface area contributed by atoms with Crippen LogP contribution in [0.25, 0.3) is 10.9 Å². The summed E-state index contributed by atoms with van der Waals surface area (Å²) in [6, 6.07) is 14.7. The van der Waals surface area contributed by atoms with Gasteiger partial charge in [0.15, 0.2) is 0 Å². The molecular formula is C17H15N2O3S-. The van der Waals surface area contributed by atoms with E-state index in [9.17, 15) is 4.21 Å². The molecule has 1 heterocycles. The third-order valence-electron chi connectivity index (χ3n) is 3.36. The summed E-state index contributed by atoms with van der Waals surface area (Å²) in [5.74, 6) is 2.27. The summed E-state index contributed by atoms with van der Waals surface area (Å²) >= 11 is 0. The smallest absolute Gasteiger partial charge is 0.145 e. The topological polar surface area (TPSA) is 72.3 Å². The molecule has 0 saturated heterocycles. The number of nitrogens with one attached hydrogen (secondary N) is 1. The van der Waals surface area contributed by atoms with Gasteiger partial charge in [0.05, 0.1) is 7.11 Å². The second-order valence-electron chi connectivity index (χ2n) is 4.90. The highest BCUT2D eigenvalue weighted by molar-refractivity contribution is 7.72. The van der Waals surface area contributed by atoms with E-state index in [0.717, 1.165) is 16.5 Å². The first-order valence-electron chi connectivity index (χ1n) is 6.95. The zero-order valence-corrected chi connectivity index (χ0v) is 13.3. The molecule has 6 heteroatoms. The van der Waals surface area contributed by atoms with Crippen molar-refractivity contribution in [3.63, 3.8) is 0 Å². The molecule has 0 aliphatic carbocycles.